The van der Waals surface area contributed by atoms with Crippen molar-refractivity contribution in [1.82, 2.24) is 5.32 Å². The molecule has 3 heteroatoms. The van der Waals surface area contributed by atoms with Gasteiger partial charge in [-0.25, -0.2) is 0 Å². The monoisotopic (exact) mass is 440 g/mol. The Kier molecular flexibility index (Phi) is 9.20. The first kappa shape index (κ1) is 26.5. The van der Waals surface area contributed by atoms with Crippen molar-refractivity contribution in [3.8, 4) is 0 Å². The van der Waals surface area contributed by atoms with Gasteiger partial charge in [-0.2, -0.15) is 0 Å². The number of hydrogen-bond acceptors (Lipinski definition) is 2. The SMILES string of the molecule is CC(C)C1CNC(N)C(Cl)(C2CCCCCCC2)C1CC(C)(C)CC(C)(C)C(C)C. The van der Waals surface area contributed by atoms with Gasteiger partial charge in [0.2, 0.25) is 0 Å². The van der Waals surface area contributed by atoms with E-state index < -0.39 is 0 Å². The highest BCUT2D eigenvalue weighted by atomic mass is 35.5. The van der Waals surface area contributed by atoms with Crippen LogP contribution in [0.4, 0.5) is 0 Å². The van der Waals surface area contributed by atoms with Crippen LogP contribution in [0.1, 0.15) is 113 Å². The summed E-state index contributed by atoms with van der Waals surface area (Å²) in [5.41, 5.74) is 7.43. The summed E-state index contributed by atoms with van der Waals surface area (Å²) < 4.78 is 0. The fraction of sp³-hybridized carbons (Fsp3) is 1.00. The molecule has 1 saturated heterocycles. The summed E-state index contributed by atoms with van der Waals surface area (Å²) in [6.45, 7) is 20.4. The lowest BCUT2D eigenvalue weighted by atomic mass is 9.58. The van der Waals surface area contributed by atoms with Gasteiger partial charge in [0.05, 0.1) is 11.0 Å². The largest absolute Gasteiger partial charge is 0.314 e. The number of hydrogen-bond donors (Lipinski definition) is 2. The lowest BCUT2D eigenvalue weighted by Gasteiger charge is -2.56. The van der Waals surface area contributed by atoms with Gasteiger partial charge in [0.15, 0.2) is 0 Å². The second kappa shape index (κ2) is 10.4. The molecule has 0 spiro atoms. The quantitative estimate of drug-likeness (QED) is 0.400. The van der Waals surface area contributed by atoms with Crippen LogP contribution in [0.5, 0.6) is 0 Å². The predicted octanol–water partition coefficient (Wildman–Crippen LogP) is 7.59. The minimum absolute atomic E-state index is 0.0995. The smallest absolute Gasteiger partial charge is 0.0787 e. The topological polar surface area (TPSA) is 38.0 Å². The van der Waals surface area contributed by atoms with E-state index >= 15 is 0 Å². The molecule has 2 rings (SSSR count). The van der Waals surface area contributed by atoms with Crippen molar-refractivity contribution in [2.75, 3.05) is 6.54 Å². The highest BCUT2D eigenvalue weighted by molar-refractivity contribution is 6.25. The van der Waals surface area contributed by atoms with Crippen molar-refractivity contribution < 1.29 is 0 Å². The molecule has 1 aliphatic heterocycles. The maximum absolute atomic E-state index is 7.79. The molecular formula is C27H53ClN2. The molecule has 0 radical (unpaired) electrons. The van der Waals surface area contributed by atoms with Crippen LogP contribution in [0.15, 0.2) is 0 Å². The van der Waals surface area contributed by atoms with Crippen molar-refractivity contribution in [2.24, 2.45) is 46.2 Å². The molecule has 2 nitrogen and oxygen atoms in total. The highest BCUT2D eigenvalue weighted by Crippen LogP contribution is 2.53. The van der Waals surface area contributed by atoms with Crippen LogP contribution >= 0.6 is 11.6 Å². The molecule has 0 aromatic carbocycles. The molecule has 1 heterocycles. The third-order valence-corrected chi connectivity index (χ3v) is 9.82. The van der Waals surface area contributed by atoms with Gasteiger partial charge in [0, 0.05) is 6.54 Å². The Labute approximate surface area is 193 Å². The van der Waals surface area contributed by atoms with E-state index in [1.807, 2.05) is 0 Å². The molecule has 1 saturated carbocycles. The maximum Gasteiger partial charge on any atom is 0.0787 e. The summed E-state index contributed by atoms with van der Waals surface area (Å²) in [7, 11) is 0. The van der Waals surface area contributed by atoms with E-state index in [4.69, 9.17) is 17.3 Å². The van der Waals surface area contributed by atoms with Gasteiger partial charge in [-0.15, -0.1) is 11.6 Å². The van der Waals surface area contributed by atoms with Gasteiger partial charge < -0.3 is 11.1 Å². The maximum atomic E-state index is 7.79. The summed E-state index contributed by atoms with van der Waals surface area (Å²) in [5.74, 6) is 2.89. The molecule has 4 atom stereocenters. The van der Waals surface area contributed by atoms with Crippen LogP contribution in [-0.4, -0.2) is 17.6 Å². The molecule has 0 aromatic heterocycles. The Morgan fingerprint density at radius 1 is 0.967 bits per heavy atom. The lowest BCUT2D eigenvalue weighted by Crippen LogP contribution is -2.68. The zero-order chi connectivity index (χ0) is 22.7. The molecule has 2 fully saturated rings. The normalized spacial score (nSPS) is 33.0. The van der Waals surface area contributed by atoms with Crippen LogP contribution in [-0.2, 0) is 0 Å². The van der Waals surface area contributed by atoms with Gasteiger partial charge in [0.1, 0.15) is 0 Å². The van der Waals surface area contributed by atoms with Gasteiger partial charge in [-0.05, 0) is 66.1 Å². The van der Waals surface area contributed by atoms with Crippen LogP contribution < -0.4 is 11.1 Å². The molecule has 2 aliphatic rings. The third kappa shape index (κ3) is 6.16. The second-order valence-corrected chi connectivity index (χ2v) is 13.6. The van der Waals surface area contributed by atoms with Crippen LogP contribution in [0.2, 0.25) is 0 Å². The Bertz CT molecular complexity index is 519. The van der Waals surface area contributed by atoms with Crippen molar-refractivity contribution in [1.29, 1.82) is 0 Å². The first-order chi connectivity index (χ1) is 13.8. The fourth-order valence-electron chi connectivity index (χ4n) is 6.69. The molecular weight excluding hydrogens is 388 g/mol. The van der Waals surface area contributed by atoms with Crippen molar-refractivity contribution in [3.05, 3.63) is 0 Å². The van der Waals surface area contributed by atoms with E-state index in [1.165, 1.54) is 57.8 Å². The van der Waals surface area contributed by atoms with Crippen molar-refractivity contribution in [3.63, 3.8) is 0 Å². The lowest BCUT2D eigenvalue weighted by molar-refractivity contribution is 0.0175. The molecule has 0 bridgehead atoms. The first-order valence-electron chi connectivity index (χ1n) is 13.0. The summed E-state index contributed by atoms with van der Waals surface area (Å²) >= 11 is 7.79. The number of piperidine rings is 1. The Morgan fingerprint density at radius 2 is 1.50 bits per heavy atom. The summed E-state index contributed by atoms with van der Waals surface area (Å²) in [6, 6.07) is 0. The van der Waals surface area contributed by atoms with E-state index in [0.29, 0.717) is 35.0 Å². The Balaban J connectivity index is 2.36. The number of nitrogens with one attached hydrogen (secondary N) is 1. The number of nitrogens with two attached hydrogens (primary N) is 1. The number of alkyl halides is 1. The second-order valence-electron chi connectivity index (χ2n) is 13.0. The van der Waals surface area contributed by atoms with Crippen molar-refractivity contribution >= 4 is 11.6 Å². The van der Waals surface area contributed by atoms with E-state index in [0.717, 1.165) is 6.54 Å². The Morgan fingerprint density at radius 3 is 2.00 bits per heavy atom. The van der Waals surface area contributed by atoms with Gasteiger partial charge in [0.25, 0.3) is 0 Å². The van der Waals surface area contributed by atoms with Gasteiger partial charge in [-0.3, -0.25) is 0 Å². The zero-order valence-electron chi connectivity index (χ0n) is 21.5. The average Bonchev–Trinajstić information content (AvgIpc) is 2.57. The van der Waals surface area contributed by atoms with E-state index in [-0.39, 0.29) is 16.5 Å². The molecule has 30 heavy (non-hydrogen) atoms. The minimum atomic E-state index is -0.330. The van der Waals surface area contributed by atoms with Crippen molar-refractivity contribution in [2.45, 2.75) is 124 Å². The molecule has 4 unspecified atom stereocenters. The molecule has 1 aliphatic carbocycles. The molecule has 178 valence electrons. The predicted molar refractivity (Wildman–Crippen MR) is 134 cm³/mol. The average molecular weight is 441 g/mol. The van der Waals surface area contributed by atoms with Crippen LogP contribution in [0.3, 0.4) is 0 Å². The Hall–Kier alpha value is 0.210. The molecule has 0 amide bonds. The number of halogens is 1. The fourth-order valence-corrected chi connectivity index (χ4v) is 7.22. The van der Waals surface area contributed by atoms with Crippen LogP contribution in [0.25, 0.3) is 0 Å². The molecule has 0 aromatic rings. The summed E-state index contributed by atoms with van der Waals surface area (Å²) in [6.07, 6.45) is 11.6. The third-order valence-electron chi connectivity index (χ3n) is 8.99. The minimum Gasteiger partial charge on any atom is -0.314 e. The first-order valence-corrected chi connectivity index (χ1v) is 13.4. The van der Waals surface area contributed by atoms with E-state index in [1.54, 1.807) is 0 Å². The number of rotatable bonds is 7. The summed E-state index contributed by atoms with van der Waals surface area (Å²) in [4.78, 5) is -0.330. The standard InChI is InChI=1S/C27H53ClN2/c1-19(2)22-17-30-24(29)27(28,21-14-12-10-9-11-13-15-21)23(22)16-25(5,6)18-26(7,8)20(3)4/h19-24,30H,9-18,29H2,1-8H3. The summed E-state index contributed by atoms with van der Waals surface area (Å²) in [5, 5.41) is 3.67. The van der Waals surface area contributed by atoms with Gasteiger partial charge in [-0.1, -0.05) is 87.5 Å². The van der Waals surface area contributed by atoms with E-state index in [9.17, 15) is 0 Å². The van der Waals surface area contributed by atoms with E-state index in [2.05, 4.69) is 60.7 Å². The van der Waals surface area contributed by atoms with Gasteiger partial charge >= 0.3 is 0 Å². The highest BCUT2D eigenvalue weighted by Gasteiger charge is 2.55. The van der Waals surface area contributed by atoms with Crippen LogP contribution in [0, 0.1) is 40.4 Å². The molecule has 3 N–H and O–H groups in total. The zero-order valence-corrected chi connectivity index (χ0v) is 22.2.